The van der Waals surface area contributed by atoms with Crippen LogP contribution in [0.5, 0.6) is 11.5 Å². The van der Waals surface area contributed by atoms with Crippen molar-refractivity contribution in [2.45, 2.75) is 19.8 Å². The van der Waals surface area contributed by atoms with Gasteiger partial charge in [0.2, 0.25) is 0 Å². The molecular weight excluding hydrogens is 462 g/mol. The Balaban J connectivity index is 1.59. The highest BCUT2D eigenvalue weighted by Gasteiger charge is 2.16. The molecule has 0 atom stereocenters. The van der Waals surface area contributed by atoms with Gasteiger partial charge in [-0.1, -0.05) is 12.1 Å². The third-order valence-electron chi connectivity index (χ3n) is 4.65. The van der Waals surface area contributed by atoms with Gasteiger partial charge in [0, 0.05) is 47.6 Å². The Morgan fingerprint density at radius 1 is 1.15 bits per heavy atom. The Hall–Kier alpha value is -3.92. The first kappa shape index (κ1) is 23.2. The number of thiazole rings is 1. The van der Waals surface area contributed by atoms with E-state index in [1.165, 1.54) is 29.7 Å². The van der Waals surface area contributed by atoms with Crippen LogP contribution in [-0.4, -0.2) is 27.5 Å². The summed E-state index contributed by atoms with van der Waals surface area (Å²) in [6.07, 6.45) is 5.44. The molecule has 4 aromatic rings. The summed E-state index contributed by atoms with van der Waals surface area (Å²) in [6, 6.07) is 8.57. The molecule has 1 aromatic carbocycles. The summed E-state index contributed by atoms with van der Waals surface area (Å²) in [5.74, 6) is -1.89. The van der Waals surface area contributed by atoms with Crippen molar-refractivity contribution >= 4 is 28.3 Å². The number of anilines is 2. The Morgan fingerprint density at radius 3 is 2.71 bits per heavy atom. The van der Waals surface area contributed by atoms with Gasteiger partial charge in [0.15, 0.2) is 22.5 Å². The second-order valence-electron chi connectivity index (χ2n) is 7.03. The number of halogens is 2. The molecule has 0 aliphatic heterocycles. The van der Waals surface area contributed by atoms with E-state index in [1.54, 1.807) is 31.5 Å². The number of hydrogen-bond donors (Lipinski definition) is 1. The number of esters is 1. The molecule has 4 rings (SSSR count). The van der Waals surface area contributed by atoms with E-state index in [0.29, 0.717) is 35.1 Å². The monoisotopic (exact) mass is 482 g/mol. The smallest absolute Gasteiger partial charge is 0.306 e. The summed E-state index contributed by atoms with van der Waals surface area (Å²) < 4.78 is 39.1. The predicted octanol–water partition coefficient (Wildman–Crippen LogP) is 5.91. The number of rotatable bonds is 9. The second-order valence-corrected chi connectivity index (χ2v) is 7.89. The van der Waals surface area contributed by atoms with Crippen LogP contribution in [0, 0.1) is 11.6 Å². The predicted molar refractivity (Wildman–Crippen MR) is 124 cm³/mol. The molecule has 0 unspecified atom stereocenters. The van der Waals surface area contributed by atoms with Crippen LogP contribution in [0.1, 0.15) is 19.0 Å². The topological polar surface area (TPSA) is 86.2 Å². The quantitative estimate of drug-likeness (QED) is 0.297. The number of para-hydroxylation sites is 1. The van der Waals surface area contributed by atoms with Gasteiger partial charge in [-0.3, -0.25) is 9.78 Å². The van der Waals surface area contributed by atoms with Crippen molar-refractivity contribution in [3.8, 4) is 22.6 Å². The van der Waals surface area contributed by atoms with Crippen LogP contribution in [-0.2, 0) is 16.0 Å². The minimum atomic E-state index is -0.824. The largest absolute Gasteiger partial charge is 0.466 e. The van der Waals surface area contributed by atoms with Crippen LogP contribution < -0.4 is 10.1 Å². The van der Waals surface area contributed by atoms with Crippen LogP contribution in [0.4, 0.5) is 19.7 Å². The van der Waals surface area contributed by atoms with E-state index in [-0.39, 0.29) is 18.1 Å². The molecule has 0 bridgehead atoms. The van der Waals surface area contributed by atoms with Crippen molar-refractivity contribution < 1.29 is 23.0 Å². The lowest BCUT2D eigenvalue weighted by Gasteiger charge is -2.14. The maximum absolute atomic E-state index is 14.2. The van der Waals surface area contributed by atoms with Gasteiger partial charge in [0.05, 0.1) is 18.7 Å². The SMILES string of the molecule is CCOC(=O)CCc1csc(Nc2cc(Oc3c(F)cccc3F)c(-c3cccnc3)cn2)n1. The molecule has 34 heavy (non-hydrogen) atoms. The molecule has 174 valence electrons. The summed E-state index contributed by atoms with van der Waals surface area (Å²) in [7, 11) is 0. The molecule has 0 amide bonds. The molecule has 0 aliphatic carbocycles. The van der Waals surface area contributed by atoms with Crippen LogP contribution in [0.2, 0.25) is 0 Å². The van der Waals surface area contributed by atoms with E-state index in [2.05, 4.69) is 20.3 Å². The highest BCUT2D eigenvalue weighted by atomic mass is 32.1. The number of hydrogen-bond acceptors (Lipinski definition) is 8. The highest BCUT2D eigenvalue weighted by molar-refractivity contribution is 7.13. The standard InChI is InChI=1S/C24H20F2N4O3S/c1-2-32-22(31)9-8-16-14-34-24(29-16)30-21-11-20(33-23-18(25)6-3-7-19(23)26)17(13-28-21)15-5-4-10-27-12-15/h3-7,10-14H,2,8-9H2,1H3,(H,28,29,30). The van der Waals surface area contributed by atoms with Gasteiger partial charge in [0.25, 0.3) is 0 Å². The molecule has 10 heteroatoms. The summed E-state index contributed by atoms with van der Waals surface area (Å²) in [5, 5.41) is 5.44. The minimum Gasteiger partial charge on any atom is -0.466 e. The number of carbonyl (C=O) groups is 1. The molecule has 7 nitrogen and oxygen atoms in total. The van der Waals surface area contributed by atoms with Gasteiger partial charge in [0.1, 0.15) is 11.6 Å². The van der Waals surface area contributed by atoms with Gasteiger partial charge >= 0.3 is 5.97 Å². The molecule has 0 spiro atoms. The molecule has 0 saturated heterocycles. The lowest BCUT2D eigenvalue weighted by Crippen LogP contribution is -2.05. The number of ether oxygens (including phenoxy) is 2. The van der Waals surface area contributed by atoms with Crippen molar-refractivity contribution in [3.05, 3.63) is 77.7 Å². The van der Waals surface area contributed by atoms with Gasteiger partial charge in [-0.15, -0.1) is 11.3 Å². The maximum atomic E-state index is 14.2. The van der Waals surface area contributed by atoms with Crippen molar-refractivity contribution in [3.63, 3.8) is 0 Å². The zero-order chi connectivity index (χ0) is 23.9. The number of nitrogens with one attached hydrogen (secondary N) is 1. The number of pyridine rings is 2. The third-order valence-corrected chi connectivity index (χ3v) is 5.45. The van der Waals surface area contributed by atoms with Crippen molar-refractivity contribution in [2.24, 2.45) is 0 Å². The van der Waals surface area contributed by atoms with Crippen LogP contribution in [0.3, 0.4) is 0 Å². The van der Waals surface area contributed by atoms with Crippen molar-refractivity contribution in [1.82, 2.24) is 15.0 Å². The highest BCUT2D eigenvalue weighted by Crippen LogP contribution is 2.36. The number of carbonyl (C=O) groups excluding carboxylic acids is 1. The van der Waals surface area contributed by atoms with E-state index in [0.717, 1.165) is 17.8 Å². The van der Waals surface area contributed by atoms with Crippen LogP contribution >= 0.6 is 11.3 Å². The average molecular weight is 483 g/mol. The van der Waals surface area contributed by atoms with Gasteiger partial charge in [-0.25, -0.2) is 18.7 Å². The van der Waals surface area contributed by atoms with Gasteiger partial charge < -0.3 is 14.8 Å². The van der Waals surface area contributed by atoms with Crippen molar-refractivity contribution in [2.75, 3.05) is 11.9 Å². The van der Waals surface area contributed by atoms with Gasteiger partial charge in [-0.05, 0) is 25.1 Å². The van der Waals surface area contributed by atoms with E-state index in [1.807, 2.05) is 5.38 Å². The fraction of sp³-hybridized carbons (Fsp3) is 0.167. The number of aryl methyl sites for hydroxylation is 1. The Labute approximate surface area is 198 Å². The summed E-state index contributed by atoms with van der Waals surface area (Å²) in [4.78, 5) is 24.5. The molecule has 0 saturated carbocycles. The molecule has 1 N–H and O–H groups in total. The summed E-state index contributed by atoms with van der Waals surface area (Å²) in [6.45, 7) is 2.10. The first-order valence-corrected chi connectivity index (χ1v) is 11.3. The fourth-order valence-corrected chi connectivity index (χ4v) is 3.82. The Kier molecular flexibility index (Phi) is 7.38. The molecule has 3 aromatic heterocycles. The lowest BCUT2D eigenvalue weighted by atomic mass is 10.1. The summed E-state index contributed by atoms with van der Waals surface area (Å²) in [5.41, 5.74) is 1.91. The van der Waals surface area contributed by atoms with Crippen LogP contribution in [0.25, 0.3) is 11.1 Å². The summed E-state index contributed by atoms with van der Waals surface area (Å²) >= 11 is 1.34. The Morgan fingerprint density at radius 2 is 1.97 bits per heavy atom. The van der Waals surface area contributed by atoms with Gasteiger partial charge in [-0.2, -0.15) is 0 Å². The van der Waals surface area contributed by atoms with E-state index < -0.39 is 17.4 Å². The number of aromatic nitrogens is 3. The second kappa shape index (κ2) is 10.8. The molecular formula is C24H20F2N4O3S. The van der Waals surface area contributed by atoms with Crippen molar-refractivity contribution in [1.29, 1.82) is 0 Å². The molecule has 0 aliphatic rings. The van der Waals surface area contributed by atoms with E-state index in [4.69, 9.17) is 9.47 Å². The van der Waals surface area contributed by atoms with E-state index in [9.17, 15) is 13.6 Å². The van der Waals surface area contributed by atoms with Crippen LogP contribution in [0.15, 0.2) is 60.4 Å². The van der Waals surface area contributed by atoms with E-state index >= 15 is 0 Å². The lowest BCUT2D eigenvalue weighted by molar-refractivity contribution is -0.143. The normalized spacial score (nSPS) is 10.7. The fourth-order valence-electron chi connectivity index (χ4n) is 3.07. The maximum Gasteiger partial charge on any atom is 0.306 e. The number of nitrogens with zero attached hydrogens (tertiary/aromatic N) is 3. The Bertz CT molecular complexity index is 1260. The zero-order valence-electron chi connectivity index (χ0n) is 18.1. The number of benzene rings is 1. The zero-order valence-corrected chi connectivity index (χ0v) is 18.9. The minimum absolute atomic E-state index is 0.189. The molecule has 0 radical (unpaired) electrons. The first-order valence-electron chi connectivity index (χ1n) is 10.4. The molecule has 0 fully saturated rings. The third kappa shape index (κ3) is 5.70. The molecule has 3 heterocycles. The average Bonchev–Trinajstić information content (AvgIpc) is 3.28. The first-order chi connectivity index (χ1) is 16.5.